The van der Waals surface area contributed by atoms with E-state index in [-0.39, 0.29) is 24.3 Å². The van der Waals surface area contributed by atoms with Crippen molar-refractivity contribution in [2.24, 2.45) is 5.92 Å². The van der Waals surface area contributed by atoms with Gasteiger partial charge in [0.15, 0.2) is 0 Å². The zero-order valence-corrected chi connectivity index (χ0v) is 13.1. The number of amides is 1. The van der Waals surface area contributed by atoms with Crippen molar-refractivity contribution in [1.29, 1.82) is 0 Å². The van der Waals surface area contributed by atoms with Crippen LogP contribution in [0.25, 0.3) is 0 Å². The van der Waals surface area contributed by atoms with Crippen molar-refractivity contribution < 1.29 is 27.9 Å². The average Bonchev–Trinajstić information content (AvgIpc) is 2.53. The van der Waals surface area contributed by atoms with Crippen molar-refractivity contribution in [3.8, 4) is 0 Å². The molecule has 4 nitrogen and oxygen atoms in total. The van der Waals surface area contributed by atoms with E-state index in [1.165, 1.54) is 24.3 Å². The number of rotatable bonds is 5. The molecule has 0 spiro atoms. The first kappa shape index (κ1) is 18.3. The summed E-state index contributed by atoms with van der Waals surface area (Å²) in [5, 5.41) is 11.8. The van der Waals surface area contributed by atoms with Crippen molar-refractivity contribution in [1.82, 2.24) is 5.32 Å². The fourth-order valence-electron chi connectivity index (χ4n) is 2.86. The van der Waals surface area contributed by atoms with Crippen LogP contribution in [0.1, 0.15) is 48.0 Å². The monoisotopic (exact) mass is 343 g/mol. The van der Waals surface area contributed by atoms with E-state index in [2.05, 4.69) is 5.32 Å². The number of carbonyl (C=O) groups is 2. The van der Waals surface area contributed by atoms with Crippen molar-refractivity contribution in [3.63, 3.8) is 0 Å². The van der Waals surface area contributed by atoms with Crippen LogP contribution in [-0.4, -0.2) is 29.2 Å². The zero-order valence-electron chi connectivity index (χ0n) is 13.1. The molecular weight excluding hydrogens is 323 g/mol. The first-order chi connectivity index (χ1) is 11.2. The number of aryl methyl sites for hydroxylation is 1. The van der Waals surface area contributed by atoms with E-state index in [0.717, 1.165) is 0 Å². The number of carbonyl (C=O) groups excluding carboxylic acids is 1. The molecule has 1 aliphatic rings. The van der Waals surface area contributed by atoms with E-state index in [1.807, 2.05) is 0 Å². The molecule has 7 heteroatoms. The molecule has 132 valence electrons. The van der Waals surface area contributed by atoms with Crippen LogP contribution in [0.5, 0.6) is 0 Å². The first-order valence-electron chi connectivity index (χ1n) is 7.94. The SMILES string of the molecule is O=C(NC1CCC(C(=O)O)CC1)c1ccc(CCC(F)(F)F)cc1. The highest BCUT2D eigenvalue weighted by atomic mass is 19.4. The van der Waals surface area contributed by atoms with Gasteiger partial charge in [-0.25, -0.2) is 0 Å². The molecule has 2 rings (SSSR count). The summed E-state index contributed by atoms with van der Waals surface area (Å²) >= 11 is 0. The van der Waals surface area contributed by atoms with Gasteiger partial charge in [0, 0.05) is 18.0 Å². The average molecular weight is 343 g/mol. The molecule has 2 N–H and O–H groups in total. The smallest absolute Gasteiger partial charge is 0.389 e. The number of aliphatic carboxylic acids is 1. The maximum absolute atomic E-state index is 12.2. The number of nitrogens with one attached hydrogen (secondary N) is 1. The minimum atomic E-state index is -4.19. The second-order valence-electron chi connectivity index (χ2n) is 6.17. The highest BCUT2D eigenvalue weighted by Gasteiger charge is 2.27. The molecule has 0 saturated heterocycles. The lowest BCUT2D eigenvalue weighted by atomic mass is 9.86. The molecule has 1 saturated carbocycles. The van der Waals surface area contributed by atoms with Crippen molar-refractivity contribution in [2.75, 3.05) is 0 Å². The molecule has 0 aliphatic heterocycles. The number of carboxylic acid groups (broad SMARTS) is 1. The zero-order chi connectivity index (χ0) is 17.7. The second-order valence-corrected chi connectivity index (χ2v) is 6.17. The van der Waals surface area contributed by atoms with Crippen LogP contribution in [-0.2, 0) is 11.2 Å². The van der Waals surface area contributed by atoms with E-state index < -0.39 is 18.6 Å². The summed E-state index contributed by atoms with van der Waals surface area (Å²) in [4.78, 5) is 23.0. The lowest BCUT2D eigenvalue weighted by Gasteiger charge is -2.26. The van der Waals surface area contributed by atoms with Crippen molar-refractivity contribution in [2.45, 2.75) is 50.7 Å². The van der Waals surface area contributed by atoms with Crippen LogP contribution in [0.15, 0.2) is 24.3 Å². The van der Waals surface area contributed by atoms with Gasteiger partial charge in [-0.05, 0) is 49.8 Å². The summed E-state index contributed by atoms with van der Waals surface area (Å²) in [6.45, 7) is 0. The Labute approximate surface area is 138 Å². The number of halogens is 3. The molecule has 24 heavy (non-hydrogen) atoms. The van der Waals surface area contributed by atoms with Crippen LogP contribution >= 0.6 is 0 Å². The standard InChI is InChI=1S/C17H20F3NO3/c18-17(19,20)10-9-11-1-3-12(4-2-11)15(22)21-14-7-5-13(6-8-14)16(23)24/h1-4,13-14H,5-10H2,(H,21,22)(H,23,24). The van der Waals surface area contributed by atoms with Crippen LogP contribution in [0.2, 0.25) is 0 Å². The van der Waals surface area contributed by atoms with E-state index >= 15 is 0 Å². The van der Waals surface area contributed by atoms with E-state index in [0.29, 0.717) is 36.8 Å². The Morgan fingerprint density at radius 2 is 1.67 bits per heavy atom. The van der Waals surface area contributed by atoms with Crippen LogP contribution in [0, 0.1) is 5.92 Å². The quantitative estimate of drug-likeness (QED) is 0.859. The predicted octanol–water partition coefficient (Wildman–Crippen LogP) is 3.55. The minimum Gasteiger partial charge on any atom is -0.481 e. The Morgan fingerprint density at radius 3 is 2.17 bits per heavy atom. The second kappa shape index (κ2) is 7.68. The largest absolute Gasteiger partial charge is 0.481 e. The number of hydrogen-bond donors (Lipinski definition) is 2. The van der Waals surface area contributed by atoms with Gasteiger partial charge in [-0.15, -0.1) is 0 Å². The first-order valence-corrected chi connectivity index (χ1v) is 7.94. The number of alkyl halides is 3. The summed E-state index contributed by atoms with van der Waals surface area (Å²) in [7, 11) is 0. The third-order valence-corrected chi connectivity index (χ3v) is 4.32. The molecule has 0 unspecified atom stereocenters. The number of carboxylic acids is 1. The van der Waals surface area contributed by atoms with E-state index in [1.54, 1.807) is 0 Å². The third kappa shape index (κ3) is 5.54. The number of benzene rings is 1. The molecule has 0 heterocycles. The molecule has 1 aliphatic carbocycles. The fourth-order valence-corrected chi connectivity index (χ4v) is 2.86. The maximum atomic E-state index is 12.2. The van der Waals surface area contributed by atoms with Gasteiger partial charge in [0.1, 0.15) is 0 Å². The highest BCUT2D eigenvalue weighted by molar-refractivity contribution is 5.94. The van der Waals surface area contributed by atoms with Crippen LogP contribution in [0.3, 0.4) is 0 Å². The Balaban J connectivity index is 1.84. The Kier molecular flexibility index (Phi) is 5.85. The van der Waals surface area contributed by atoms with Gasteiger partial charge in [0.2, 0.25) is 0 Å². The maximum Gasteiger partial charge on any atom is 0.389 e. The lowest BCUT2D eigenvalue weighted by molar-refractivity contribution is -0.142. The number of hydrogen-bond acceptors (Lipinski definition) is 2. The Hall–Kier alpha value is -2.05. The molecule has 1 fully saturated rings. The summed E-state index contributed by atoms with van der Waals surface area (Å²) in [6.07, 6.45) is -2.87. The van der Waals surface area contributed by atoms with Crippen LogP contribution in [0.4, 0.5) is 13.2 Å². The van der Waals surface area contributed by atoms with Gasteiger partial charge >= 0.3 is 12.1 Å². The van der Waals surface area contributed by atoms with E-state index in [9.17, 15) is 22.8 Å². The molecular formula is C17H20F3NO3. The lowest BCUT2D eigenvalue weighted by Crippen LogP contribution is -2.38. The van der Waals surface area contributed by atoms with Gasteiger partial charge in [-0.3, -0.25) is 9.59 Å². The predicted molar refractivity (Wildman–Crippen MR) is 81.7 cm³/mol. The fraction of sp³-hybridized carbons (Fsp3) is 0.529. The topological polar surface area (TPSA) is 66.4 Å². The van der Waals surface area contributed by atoms with Gasteiger partial charge in [0.05, 0.1) is 5.92 Å². The molecule has 0 aromatic heterocycles. The van der Waals surface area contributed by atoms with Gasteiger partial charge in [0.25, 0.3) is 5.91 Å². The third-order valence-electron chi connectivity index (χ3n) is 4.32. The summed E-state index contributed by atoms with van der Waals surface area (Å²) in [6, 6.07) is 6.04. The molecule has 1 aromatic carbocycles. The normalized spacial score (nSPS) is 21.3. The highest BCUT2D eigenvalue weighted by Crippen LogP contribution is 2.25. The van der Waals surface area contributed by atoms with Crippen LogP contribution < -0.4 is 5.32 Å². The Bertz CT molecular complexity index is 576. The molecule has 1 aromatic rings. The summed E-state index contributed by atoms with van der Waals surface area (Å²) in [5.41, 5.74) is 0.928. The minimum absolute atomic E-state index is 0.0574. The Morgan fingerprint density at radius 1 is 1.08 bits per heavy atom. The molecule has 1 amide bonds. The molecule has 0 atom stereocenters. The van der Waals surface area contributed by atoms with Gasteiger partial charge in [-0.1, -0.05) is 12.1 Å². The van der Waals surface area contributed by atoms with Gasteiger partial charge in [-0.2, -0.15) is 13.2 Å². The molecule has 0 radical (unpaired) electrons. The van der Waals surface area contributed by atoms with Gasteiger partial charge < -0.3 is 10.4 Å². The van der Waals surface area contributed by atoms with Crippen molar-refractivity contribution in [3.05, 3.63) is 35.4 Å². The molecule has 0 bridgehead atoms. The van der Waals surface area contributed by atoms with Crippen molar-refractivity contribution >= 4 is 11.9 Å². The summed E-state index contributed by atoms with van der Waals surface area (Å²) < 4.78 is 36.6. The summed E-state index contributed by atoms with van der Waals surface area (Å²) in [5.74, 6) is -1.42. The van der Waals surface area contributed by atoms with E-state index in [4.69, 9.17) is 5.11 Å².